The zero-order valence-corrected chi connectivity index (χ0v) is 44.0. The molecule has 0 heterocycles. The van der Waals surface area contributed by atoms with Crippen molar-refractivity contribution >= 4 is 44.0 Å². The minimum absolute atomic E-state index is 0.291. The molecule has 0 aliphatic heterocycles. The van der Waals surface area contributed by atoms with Gasteiger partial charge in [-0.3, -0.25) is 0 Å². The number of fused-ring (bicyclic) bond motifs is 4. The van der Waals surface area contributed by atoms with Gasteiger partial charge in [0.25, 0.3) is 0 Å². The Hall–Kier alpha value is 0.884. The molecular formula is C44H92O5Si5. The lowest BCUT2D eigenvalue weighted by Crippen LogP contribution is -2.44. The maximum Gasteiger partial charge on any atom is 0.183 e. The molecular weight excluding hydrogens is 749 g/mol. The Balaban J connectivity index is 1.45. The number of hydrogen-bond donors (Lipinski definition) is 0. The first-order valence-corrected chi connectivity index (χ1v) is 36.9. The molecule has 0 saturated heterocycles. The summed E-state index contributed by atoms with van der Waals surface area (Å²) in [5.74, 6) is 6.17. The Morgan fingerprint density at radius 2 is 1.13 bits per heavy atom. The summed E-state index contributed by atoms with van der Waals surface area (Å²) in [5.41, 5.74) is 3.42. The Labute approximate surface area is 344 Å². The molecule has 4 rings (SSSR count). The van der Waals surface area contributed by atoms with Crippen LogP contribution in [-0.2, 0) is 22.8 Å². The summed E-state index contributed by atoms with van der Waals surface area (Å²) in [6.07, 6.45) is 17.9. The van der Waals surface area contributed by atoms with E-state index < -0.39 is 44.0 Å². The van der Waals surface area contributed by atoms with E-state index in [9.17, 15) is 0 Å². The third kappa shape index (κ3) is 14.0. The lowest BCUT2D eigenvalue weighted by molar-refractivity contribution is 0.0400. The fourth-order valence-corrected chi connectivity index (χ4v) is 23.5. The topological polar surface area (TPSA) is 46.2 Å². The Bertz CT molecular complexity index is 1060. The molecule has 13 atom stereocenters. The van der Waals surface area contributed by atoms with Crippen molar-refractivity contribution in [1.82, 2.24) is 0 Å². The summed E-state index contributed by atoms with van der Waals surface area (Å²) < 4.78 is 33.2. The second kappa shape index (κ2) is 21.9. The smallest absolute Gasteiger partial charge is 0.183 e. The molecule has 4 aliphatic carbocycles. The SMILES string of the molecule is CCCCC(CO[Si](C)(C)C)C(C1CC2CC([SiH2]OC(COCCC)CC(C3CC4CC([SiH2]OC(CC)COCCC)C3C4)[Si](C)(C)C)C1C2)[Si](C)(C)C. The van der Waals surface area contributed by atoms with Crippen LogP contribution in [0.3, 0.4) is 0 Å². The van der Waals surface area contributed by atoms with Crippen LogP contribution in [0.1, 0.15) is 111 Å². The third-order valence-corrected chi connectivity index (χ3v) is 25.5. The Kier molecular flexibility index (Phi) is 19.3. The molecule has 0 aromatic carbocycles. The van der Waals surface area contributed by atoms with Gasteiger partial charge >= 0.3 is 0 Å². The molecule has 0 radical (unpaired) electrons. The van der Waals surface area contributed by atoms with E-state index in [1.165, 1.54) is 64.2 Å². The van der Waals surface area contributed by atoms with Gasteiger partial charge in [0.2, 0.25) is 0 Å². The molecule has 4 bridgehead atoms. The van der Waals surface area contributed by atoms with E-state index in [-0.39, 0.29) is 0 Å². The first-order valence-electron chi connectivity index (χ1n) is 23.5. The van der Waals surface area contributed by atoms with Crippen LogP contribution < -0.4 is 0 Å². The van der Waals surface area contributed by atoms with E-state index in [1.807, 2.05) is 0 Å². The molecule has 0 aromatic rings. The predicted octanol–water partition coefficient (Wildman–Crippen LogP) is 11.3. The maximum absolute atomic E-state index is 7.39. The van der Waals surface area contributed by atoms with Crippen molar-refractivity contribution in [2.45, 2.75) is 204 Å². The van der Waals surface area contributed by atoms with Crippen LogP contribution in [0, 0.1) is 41.4 Å². The zero-order valence-electron chi connectivity index (χ0n) is 38.2. The van der Waals surface area contributed by atoms with Gasteiger partial charge in [-0.15, -0.1) is 0 Å². The van der Waals surface area contributed by atoms with Crippen LogP contribution >= 0.6 is 0 Å². The summed E-state index contributed by atoms with van der Waals surface area (Å²) in [6.45, 7) is 36.7. The number of unbranched alkanes of at least 4 members (excludes halogenated alkanes) is 1. The first-order chi connectivity index (χ1) is 25.5. The van der Waals surface area contributed by atoms with Gasteiger partial charge in [0, 0.05) is 36.0 Å². The van der Waals surface area contributed by atoms with Crippen LogP contribution in [0.5, 0.6) is 0 Å². The van der Waals surface area contributed by atoms with E-state index in [2.05, 4.69) is 86.6 Å². The molecule has 0 aromatic heterocycles. The molecule has 4 aliphatic rings. The van der Waals surface area contributed by atoms with E-state index in [0.717, 1.165) is 116 Å². The van der Waals surface area contributed by atoms with Gasteiger partial charge in [0.05, 0.1) is 25.4 Å². The van der Waals surface area contributed by atoms with Crippen LogP contribution in [0.2, 0.25) is 81.1 Å². The van der Waals surface area contributed by atoms with E-state index >= 15 is 0 Å². The maximum atomic E-state index is 7.39. The van der Waals surface area contributed by atoms with E-state index in [0.29, 0.717) is 12.2 Å². The minimum Gasteiger partial charge on any atom is -0.418 e. The average Bonchev–Trinajstić information content (AvgIpc) is 3.88. The Morgan fingerprint density at radius 1 is 0.593 bits per heavy atom. The second-order valence-electron chi connectivity index (χ2n) is 22.2. The highest BCUT2D eigenvalue weighted by atomic mass is 28.4. The van der Waals surface area contributed by atoms with Gasteiger partial charge in [0.1, 0.15) is 0 Å². The van der Waals surface area contributed by atoms with E-state index in [4.69, 9.17) is 22.8 Å². The molecule has 0 spiro atoms. The Morgan fingerprint density at radius 3 is 1.61 bits per heavy atom. The van der Waals surface area contributed by atoms with Crippen molar-refractivity contribution in [2.24, 2.45) is 41.4 Å². The fraction of sp³-hybridized carbons (Fsp3) is 1.00. The highest BCUT2D eigenvalue weighted by Crippen LogP contribution is 2.62. The van der Waals surface area contributed by atoms with Gasteiger partial charge in [-0.2, -0.15) is 0 Å². The van der Waals surface area contributed by atoms with Crippen LogP contribution in [0.25, 0.3) is 0 Å². The summed E-state index contributed by atoms with van der Waals surface area (Å²) in [5, 5.41) is 0. The van der Waals surface area contributed by atoms with Gasteiger partial charge in [-0.05, 0) is 154 Å². The average molecular weight is 842 g/mol. The van der Waals surface area contributed by atoms with Crippen LogP contribution in [0.15, 0.2) is 0 Å². The lowest BCUT2D eigenvalue weighted by Gasteiger charge is -2.46. The monoisotopic (exact) mass is 841 g/mol. The summed E-state index contributed by atoms with van der Waals surface area (Å²) in [6, 6.07) is 0. The predicted molar refractivity (Wildman–Crippen MR) is 247 cm³/mol. The van der Waals surface area contributed by atoms with Crippen molar-refractivity contribution < 1.29 is 22.8 Å². The summed E-state index contributed by atoms with van der Waals surface area (Å²) in [4.78, 5) is 0. The van der Waals surface area contributed by atoms with Gasteiger partial charge in [-0.1, -0.05) is 79.8 Å². The molecule has 5 nitrogen and oxygen atoms in total. The molecule has 0 N–H and O–H groups in total. The van der Waals surface area contributed by atoms with Crippen molar-refractivity contribution in [3.63, 3.8) is 0 Å². The van der Waals surface area contributed by atoms with Gasteiger partial charge < -0.3 is 22.8 Å². The van der Waals surface area contributed by atoms with Crippen molar-refractivity contribution in [2.75, 3.05) is 33.0 Å². The highest BCUT2D eigenvalue weighted by molar-refractivity contribution is 6.78. The number of hydrogen-bond acceptors (Lipinski definition) is 5. The standard InChI is InChI=1S/C44H92O5Si5/c1-14-18-19-34(29-47-54(11,12)13)44(53(8,9)10)40-25-33-23-38(40)42(27-33)51-49-36(31-46-21-16-3)28-43(52(5,6)7)39-24-32-22-37(39)41(26-32)50-48-35(17-4)30-45-20-15-2/h32-44H,14-31,50-51H2,1-13H3. The third-order valence-electron chi connectivity index (χ3n) is 14.6. The van der Waals surface area contributed by atoms with Gasteiger partial charge in [-0.25, -0.2) is 0 Å². The molecule has 54 heavy (non-hydrogen) atoms. The summed E-state index contributed by atoms with van der Waals surface area (Å²) >= 11 is 0. The normalized spacial score (nSPS) is 31.7. The number of ether oxygens (including phenoxy) is 2. The van der Waals surface area contributed by atoms with Crippen LogP contribution in [-0.4, -0.2) is 89.2 Å². The quantitative estimate of drug-likeness (QED) is 0.0580. The number of rotatable bonds is 28. The first kappa shape index (κ1) is 47.6. The van der Waals surface area contributed by atoms with E-state index in [1.54, 1.807) is 0 Å². The lowest BCUT2D eigenvalue weighted by atomic mass is 9.80. The van der Waals surface area contributed by atoms with Crippen LogP contribution in [0.4, 0.5) is 0 Å². The fourth-order valence-electron chi connectivity index (χ4n) is 12.4. The molecule has 0 amide bonds. The molecule has 318 valence electrons. The van der Waals surface area contributed by atoms with Crippen molar-refractivity contribution in [3.05, 3.63) is 0 Å². The minimum atomic E-state index is -1.55. The summed E-state index contributed by atoms with van der Waals surface area (Å²) in [7, 11) is -5.62. The van der Waals surface area contributed by atoms with Gasteiger partial charge in [0.15, 0.2) is 27.8 Å². The highest BCUT2D eigenvalue weighted by Gasteiger charge is 2.54. The second-order valence-corrected chi connectivity index (χ2v) is 41.0. The van der Waals surface area contributed by atoms with Crippen molar-refractivity contribution in [1.29, 1.82) is 0 Å². The molecule has 4 saturated carbocycles. The largest absolute Gasteiger partial charge is 0.418 e. The molecule has 4 fully saturated rings. The zero-order chi connectivity index (χ0) is 39.7. The van der Waals surface area contributed by atoms with Crippen molar-refractivity contribution in [3.8, 4) is 0 Å². The molecule has 10 heteroatoms. The molecule has 13 unspecified atom stereocenters.